The van der Waals surface area contributed by atoms with E-state index in [2.05, 4.69) is 16.0 Å². The summed E-state index contributed by atoms with van der Waals surface area (Å²) in [5.74, 6) is -0.233. The predicted octanol–water partition coefficient (Wildman–Crippen LogP) is -0.699. The lowest BCUT2D eigenvalue weighted by Gasteiger charge is -2.21. The van der Waals surface area contributed by atoms with Gasteiger partial charge in [0.2, 0.25) is 11.8 Å². The molecule has 5 heteroatoms. The first-order valence-electron chi connectivity index (χ1n) is 5.63. The molecule has 1 saturated carbocycles. The average molecular weight is 223 g/mol. The zero-order valence-electron chi connectivity index (χ0n) is 9.43. The highest BCUT2D eigenvalue weighted by molar-refractivity contribution is 5.96. The molecule has 1 aliphatic carbocycles. The molecule has 0 radical (unpaired) electrons. The molecule has 2 aliphatic rings. The van der Waals surface area contributed by atoms with Crippen LogP contribution in [0.2, 0.25) is 0 Å². The molecule has 0 aromatic rings. The fourth-order valence-corrected chi connectivity index (χ4v) is 1.48. The molecule has 0 spiro atoms. The van der Waals surface area contributed by atoms with Gasteiger partial charge in [0, 0.05) is 24.7 Å². The summed E-state index contributed by atoms with van der Waals surface area (Å²) in [5, 5.41) is 8.53. The van der Waals surface area contributed by atoms with Gasteiger partial charge in [-0.25, -0.2) is 0 Å². The Labute approximate surface area is 94.7 Å². The van der Waals surface area contributed by atoms with E-state index in [4.69, 9.17) is 0 Å². The Morgan fingerprint density at radius 2 is 2.06 bits per heavy atom. The highest BCUT2D eigenvalue weighted by Gasteiger charge is 2.23. The van der Waals surface area contributed by atoms with Gasteiger partial charge in [0.15, 0.2) is 0 Å². The Bertz CT molecular complexity index is 339. The summed E-state index contributed by atoms with van der Waals surface area (Å²) in [4.78, 5) is 22.9. The standard InChI is InChI=1S/C11H17N3O2/c1-7(8-4-12-5-8)11(16)13-6-10(15)14-9-2-3-9/h9,12H,2-6H2,1H3,(H,13,16)(H,14,15). The highest BCUT2D eigenvalue weighted by atomic mass is 16.2. The monoisotopic (exact) mass is 223 g/mol. The fourth-order valence-electron chi connectivity index (χ4n) is 1.48. The van der Waals surface area contributed by atoms with E-state index in [0.717, 1.165) is 37.1 Å². The molecule has 0 atom stereocenters. The van der Waals surface area contributed by atoms with Crippen LogP contribution < -0.4 is 16.0 Å². The maximum atomic E-state index is 11.6. The van der Waals surface area contributed by atoms with Crippen LogP contribution in [-0.2, 0) is 9.59 Å². The van der Waals surface area contributed by atoms with Crippen molar-refractivity contribution in [3.05, 3.63) is 11.1 Å². The van der Waals surface area contributed by atoms with Crippen LogP contribution in [-0.4, -0.2) is 37.5 Å². The highest BCUT2D eigenvalue weighted by Crippen LogP contribution is 2.18. The lowest BCUT2D eigenvalue weighted by molar-refractivity contribution is -0.124. The number of carbonyl (C=O) groups excluding carboxylic acids is 2. The van der Waals surface area contributed by atoms with Crippen LogP contribution in [0.15, 0.2) is 11.1 Å². The average Bonchev–Trinajstić information content (AvgIpc) is 2.95. The molecule has 1 heterocycles. The van der Waals surface area contributed by atoms with Gasteiger partial charge in [0.25, 0.3) is 0 Å². The maximum Gasteiger partial charge on any atom is 0.247 e. The summed E-state index contributed by atoms with van der Waals surface area (Å²) in [5.41, 5.74) is 1.86. The van der Waals surface area contributed by atoms with Crippen molar-refractivity contribution in [3.63, 3.8) is 0 Å². The van der Waals surface area contributed by atoms with Crippen molar-refractivity contribution in [1.82, 2.24) is 16.0 Å². The summed E-state index contributed by atoms with van der Waals surface area (Å²) in [6, 6.07) is 0.347. The molecule has 0 bridgehead atoms. The maximum absolute atomic E-state index is 11.6. The number of amides is 2. The van der Waals surface area contributed by atoms with Gasteiger partial charge in [-0.3, -0.25) is 9.59 Å². The molecule has 5 nitrogen and oxygen atoms in total. The van der Waals surface area contributed by atoms with E-state index in [1.54, 1.807) is 6.92 Å². The van der Waals surface area contributed by atoms with Crippen molar-refractivity contribution in [1.29, 1.82) is 0 Å². The molecule has 16 heavy (non-hydrogen) atoms. The molecule has 88 valence electrons. The predicted molar refractivity (Wildman–Crippen MR) is 59.7 cm³/mol. The number of carbonyl (C=O) groups is 2. The van der Waals surface area contributed by atoms with Gasteiger partial charge in [-0.05, 0) is 25.3 Å². The van der Waals surface area contributed by atoms with Gasteiger partial charge in [0.05, 0.1) is 6.54 Å². The molecule has 2 rings (SSSR count). The van der Waals surface area contributed by atoms with Crippen LogP contribution in [0.3, 0.4) is 0 Å². The van der Waals surface area contributed by atoms with Crippen LogP contribution in [0, 0.1) is 0 Å². The number of hydrogen-bond acceptors (Lipinski definition) is 3. The molecular weight excluding hydrogens is 206 g/mol. The minimum absolute atomic E-state index is 0.0768. The van der Waals surface area contributed by atoms with Gasteiger partial charge < -0.3 is 16.0 Å². The summed E-state index contributed by atoms with van der Waals surface area (Å²) in [6.07, 6.45) is 2.13. The van der Waals surface area contributed by atoms with E-state index in [9.17, 15) is 9.59 Å². The van der Waals surface area contributed by atoms with Crippen molar-refractivity contribution in [2.24, 2.45) is 0 Å². The van der Waals surface area contributed by atoms with Gasteiger partial charge in [-0.2, -0.15) is 0 Å². The smallest absolute Gasteiger partial charge is 0.247 e. The minimum Gasteiger partial charge on any atom is -0.352 e. The largest absolute Gasteiger partial charge is 0.352 e. The Hall–Kier alpha value is -1.36. The first kappa shape index (κ1) is 11.1. The summed E-state index contributed by atoms with van der Waals surface area (Å²) < 4.78 is 0. The van der Waals surface area contributed by atoms with E-state index >= 15 is 0 Å². The Morgan fingerprint density at radius 3 is 2.56 bits per heavy atom. The molecule has 1 aliphatic heterocycles. The molecule has 0 aromatic carbocycles. The lowest BCUT2D eigenvalue weighted by Crippen LogP contribution is -2.41. The molecule has 1 saturated heterocycles. The van der Waals surface area contributed by atoms with E-state index in [1.165, 1.54) is 0 Å². The Morgan fingerprint density at radius 1 is 1.38 bits per heavy atom. The Kier molecular flexibility index (Phi) is 3.24. The molecule has 2 amide bonds. The molecule has 2 fully saturated rings. The van der Waals surface area contributed by atoms with Crippen molar-refractivity contribution in [2.75, 3.05) is 19.6 Å². The second kappa shape index (κ2) is 4.65. The minimum atomic E-state index is -0.137. The quantitative estimate of drug-likeness (QED) is 0.552. The molecule has 0 aromatic heterocycles. The molecule has 0 unspecified atom stereocenters. The van der Waals surface area contributed by atoms with Crippen LogP contribution in [0.1, 0.15) is 19.8 Å². The number of hydrogen-bond donors (Lipinski definition) is 3. The van der Waals surface area contributed by atoms with E-state index < -0.39 is 0 Å². The second-order valence-electron chi connectivity index (χ2n) is 4.36. The second-order valence-corrected chi connectivity index (χ2v) is 4.36. The van der Waals surface area contributed by atoms with Crippen molar-refractivity contribution in [3.8, 4) is 0 Å². The SMILES string of the molecule is CC(C(=O)NCC(=O)NC1CC1)=C1CNC1. The third-order valence-corrected chi connectivity index (χ3v) is 2.90. The topological polar surface area (TPSA) is 70.2 Å². The zero-order chi connectivity index (χ0) is 11.5. The lowest BCUT2D eigenvalue weighted by atomic mass is 10.0. The van der Waals surface area contributed by atoms with Crippen LogP contribution in [0.4, 0.5) is 0 Å². The first-order chi connectivity index (χ1) is 7.66. The van der Waals surface area contributed by atoms with Crippen LogP contribution in [0.5, 0.6) is 0 Å². The fraction of sp³-hybridized carbons (Fsp3) is 0.636. The first-order valence-corrected chi connectivity index (χ1v) is 5.63. The molecule has 3 N–H and O–H groups in total. The summed E-state index contributed by atoms with van der Waals surface area (Å²) >= 11 is 0. The van der Waals surface area contributed by atoms with E-state index in [1.807, 2.05) is 0 Å². The summed E-state index contributed by atoms with van der Waals surface area (Å²) in [6.45, 7) is 3.44. The number of nitrogens with one attached hydrogen (secondary N) is 3. The zero-order valence-corrected chi connectivity index (χ0v) is 9.43. The Balaban J connectivity index is 1.72. The van der Waals surface area contributed by atoms with Gasteiger partial charge >= 0.3 is 0 Å². The third-order valence-electron chi connectivity index (χ3n) is 2.90. The normalized spacial score (nSPS) is 18.7. The third kappa shape index (κ3) is 2.82. The van der Waals surface area contributed by atoms with Gasteiger partial charge in [-0.15, -0.1) is 0 Å². The van der Waals surface area contributed by atoms with Gasteiger partial charge in [-0.1, -0.05) is 0 Å². The van der Waals surface area contributed by atoms with Crippen molar-refractivity contribution in [2.45, 2.75) is 25.8 Å². The number of rotatable bonds is 4. The van der Waals surface area contributed by atoms with E-state index in [0.29, 0.717) is 6.04 Å². The van der Waals surface area contributed by atoms with Crippen LogP contribution in [0.25, 0.3) is 0 Å². The van der Waals surface area contributed by atoms with Crippen LogP contribution >= 0.6 is 0 Å². The van der Waals surface area contributed by atoms with E-state index in [-0.39, 0.29) is 18.4 Å². The molecular formula is C11H17N3O2. The van der Waals surface area contributed by atoms with Gasteiger partial charge in [0.1, 0.15) is 0 Å². The van der Waals surface area contributed by atoms with Crippen molar-refractivity contribution >= 4 is 11.8 Å². The summed E-state index contributed by atoms with van der Waals surface area (Å²) in [7, 11) is 0. The van der Waals surface area contributed by atoms with Crippen molar-refractivity contribution < 1.29 is 9.59 Å².